The van der Waals surface area contributed by atoms with Gasteiger partial charge in [0.2, 0.25) is 5.52 Å². The fraction of sp³-hybridized carbons (Fsp3) is 0.115. The van der Waals surface area contributed by atoms with Crippen LogP contribution in [-0.2, 0) is 7.05 Å². The summed E-state index contributed by atoms with van der Waals surface area (Å²) < 4.78 is 2.26. The van der Waals surface area contributed by atoms with Crippen LogP contribution >= 0.6 is 0 Å². The Bertz CT molecular complexity index is 1450. The summed E-state index contributed by atoms with van der Waals surface area (Å²) in [4.78, 5) is 0. The van der Waals surface area contributed by atoms with E-state index >= 15 is 0 Å². The fourth-order valence-corrected chi connectivity index (χ4v) is 4.69. The van der Waals surface area contributed by atoms with Gasteiger partial charge in [-0.15, -0.1) is 0 Å². The van der Waals surface area contributed by atoms with Crippen molar-refractivity contribution in [2.75, 3.05) is 0 Å². The van der Waals surface area contributed by atoms with Gasteiger partial charge in [0, 0.05) is 11.5 Å². The molecule has 0 amide bonds. The minimum absolute atomic E-state index is 1.12. The van der Waals surface area contributed by atoms with Crippen LogP contribution in [0.15, 0.2) is 60.8 Å². The summed E-state index contributed by atoms with van der Waals surface area (Å²) in [5.74, 6) is 0. The molecule has 0 fully saturated rings. The average molecular weight is 348 g/mol. The first-order chi connectivity index (χ1) is 13.1. The number of fused-ring (bicyclic) bond motifs is 3. The molecule has 5 rings (SSSR count). The van der Waals surface area contributed by atoms with E-state index in [2.05, 4.69) is 98.9 Å². The maximum Gasteiger partial charge on any atom is 0.221 e. The first kappa shape index (κ1) is 16.0. The van der Waals surface area contributed by atoms with Crippen LogP contribution in [0.5, 0.6) is 0 Å². The second kappa shape index (κ2) is 5.65. The topological polar surface area (TPSA) is 3.88 Å². The molecule has 27 heavy (non-hydrogen) atoms. The van der Waals surface area contributed by atoms with Gasteiger partial charge in [-0.25, -0.2) is 4.57 Å². The largest absolute Gasteiger partial charge is 0.221 e. The van der Waals surface area contributed by atoms with E-state index in [-0.39, 0.29) is 0 Å². The molecular formula is C26H22N+. The van der Waals surface area contributed by atoms with E-state index in [4.69, 9.17) is 0 Å². The summed E-state index contributed by atoms with van der Waals surface area (Å²) in [7, 11) is 2.15. The van der Waals surface area contributed by atoms with E-state index in [1.807, 2.05) is 0 Å². The molecule has 0 aliphatic carbocycles. The van der Waals surface area contributed by atoms with Crippen molar-refractivity contribution >= 4 is 55.9 Å². The Labute approximate surface area is 158 Å². The average Bonchev–Trinajstić information content (AvgIpc) is 2.69. The van der Waals surface area contributed by atoms with Gasteiger partial charge in [0.1, 0.15) is 7.05 Å². The van der Waals surface area contributed by atoms with Gasteiger partial charge in [-0.2, -0.15) is 0 Å². The van der Waals surface area contributed by atoms with Crippen molar-refractivity contribution in [3.05, 3.63) is 77.1 Å². The van der Waals surface area contributed by atoms with E-state index in [1.54, 1.807) is 0 Å². The zero-order valence-corrected chi connectivity index (χ0v) is 16.0. The predicted molar refractivity (Wildman–Crippen MR) is 118 cm³/mol. The second-order valence-corrected chi connectivity index (χ2v) is 7.36. The molecule has 0 aliphatic rings. The van der Waals surface area contributed by atoms with Crippen molar-refractivity contribution in [3.63, 3.8) is 0 Å². The molecule has 5 aromatic rings. The molecule has 1 heterocycles. The number of aryl methyl sites for hydroxylation is 2. The highest BCUT2D eigenvalue weighted by Crippen LogP contribution is 2.37. The maximum atomic E-state index is 4.56. The molecule has 0 saturated heterocycles. The number of pyridine rings is 1. The molecule has 0 N–H and O–H groups in total. The standard InChI is InChI=1S/C26H22N/c1-5-9-22-21-12-7-6-11-19(21)16(2)24-23(22)17(3)20-13-8-10-18-14-15-27(4)26(24)25(18)20/h5-15H,3H2,1-2,4H3/q+1/b9-5-. The molecule has 130 valence electrons. The van der Waals surface area contributed by atoms with Crippen LogP contribution in [0.1, 0.15) is 18.1 Å². The molecular weight excluding hydrogens is 326 g/mol. The predicted octanol–water partition coefficient (Wildman–Crippen LogP) is 5.59. The van der Waals surface area contributed by atoms with Crippen LogP contribution in [0.4, 0.5) is 0 Å². The summed E-state index contributed by atoms with van der Waals surface area (Å²) in [5, 5.41) is 10.1. The van der Waals surface area contributed by atoms with Gasteiger partial charge < -0.3 is 0 Å². The van der Waals surface area contributed by atoms with E-state index in [9.17, 15) is 0 Å². The van der Waals surface area contributed by atoms with Crippen LogP contribution in [0.2, 0.25) is 0 Å². The lowest BCUT2D eigenvalue weighted by Gasteiger charge is -2.16. The van der Waals surface area contributed by atoms with Gasteiger partial charge in [-0.05, 0) is 51.7 Å². The van der Waals surface area contributed by atoms with Crippen molar-refractivity contribution in [1.29, 1.82) is 0 Å². The monoisotopic (exact) mass is 348 g/mol. The summed E-state index contributed by atoms with van der Waals surface area (Å²) in [6, 6.07) is 17.5. The number of aromatic nitrogens is 1. The number of hydrogen-bond acceptors (Lipinski definition) is 0. The first-order valence-corrected chi connectivity index (χ1v) is 9.43. The number of nitrogens with zero attached hydrogens (tertiary/aromatic N) is 1. The van der Waals surface area contributed by atoms with Gasteiger partial charge in [-0.3, -0.25) is 0 Å². The second-order valence-electron chi connectivity index (χ2n) is 7.36. The van der Waals surface area contributed by atoms with Crippen molar-refractivity contribution < 1.29 is 4.57 Å². The molecule has 0 spiro atoms. The number of rotatable bonds is 1. The maximum absolute atomic E-state index is 4.56. The molecule has 1 heteroatoms. The highest BCUT2D eigenvalue weighted by atomic mass is 14.9. The zero-order valence-electron chi connectivity index (χ0n) is 16.0. The summed E-state index contributed by atoms with van der Waals surface area (Å²) >= 11 is 0. The van der Waals surface area contributed by atoms with Crippen LogP contribution < -0.4 is 9.79 Å². The van der Waals surface area contributed by atoms with Crippen LogP contribution in [0.3, 0.4) is 0 Å². The van der Waals surface area contributed by atoms with E-state index in [1.165, 1.54) is 54.3 Å². The Hall–Kier alpha value is -3.19. The Kier molecular flexibility index (Phi) is 3.35. The zero-order chi connectivity index (χ0) is 18.7. The van der Waals surface area contributed by atoms with Crippen LogP contribution in [0, 0.1) is 6.92 Å². The van der Waals surface area contributed by atoms with Gasteiger partial charge in [0.15, 0.2) is 6.20 Å². The minimum atomic E-state index is 1.12. The lowest BCUT2D eigenvalue weighted by molar-refractivity contribution is -0.643. The Morgan fingerprint density at radius 2 is 1.59 bits per heavy atom. The number of hydrogen-bond donors (Lipinski definition) is 0. The molecule has 0 atom stereocenters. The van der Waals surface area contributed by atoms with Gasteiger partial charge in [-0.1, -0.05) is 61.2 Å². The smallest absolute Gasteiger partial charge is 0.200 e. The summed E-state index contributed by atoms with van der Waals surface area (Å²) in [6.45, 7) is 8.89. The highest BCUT2D eigenvalue weighted by Gasteiger charge is 2.21. The van der Waals surface area contributed by atoms with E-state index in [0.29, 0.717) is 0 Å². The quantitative estimate of drug-likeness (QED) is 0.211. The van der Waals surface area contributed by atoms with Crippen molar-refractivity contribution in [2.24, 2.45) is 7.05 Å². The SMILES string of the molecule is C=c1c2cccc3cc[n+](C)c(c4c(C)c5ccccc5c(/C=C\C)c14)c32. The number of benzene rings is 4. The van der Waals surface area contributed by atoms with Crippen molar-refractivity contribution in [2.45, 2.75) is 13.8 Å². The minimum Gasteiger partial charge on any atom is -0.200 e. The summed E-state index contributed by atoms with van der Waals surface area (Å²) in [6.07, 6.45) is 6.54. The molecule has 0 aliphatic heterocycles. The van der Waals surface area contributed by atoms with E-state index in [0.717, 1.165) is 5.22 Å². The molecule has 1 nitrogen and oxygen atoms in total. The number of allylic oxidation sites excluding steroid dienone is 1. The third-order valence-corrected chi connectivity index (χ3v) is 5.88. The molecule has 0 saturated carbocycles. The molecule has 1 aromatic heterocycles. The normalized spacial score (nSPS) is 12.3. The van der Waals surface area contributed by atoms with Gasteiger partial charge in [0.05, 0.1) is 10.8 Å². The lowest BCUT2D eigenvalue weighted by Crippen LogP contribution is -2.29. The van der Waals surface area contributed by atoms with Crippen molar-refractivity contribution in [1.82, 2.24) is 0 Å². The van der Waals surface area contributed by atoms with Crippen LogP contribution in [-0.4, -0.2) is 0 Å². The third-order valence-electron chi connectivity index (χ3n) is 5.88. The van der Waals surface area contributed by atoms with Crippen molar-refractivity contribution in [3.8, 4) is 0 Å². The molecule has 0 bridgehead atoms. The molecule has 4 aromatic carbocycles. The van der Waals surface area contributed by atoms with Crippen LogP contribution in [0.25, 0.3) is 55.9 Å². The highest BCUT2D eigenvalue weighted by molar-refractivity contribution is 6.24. The first-order valence-electron chi connectivity index (χ1n) is 9.43. The van der Waals surface area contributed by atoms with Gasteiger partial charge in [0.25, 0.3) is 0 Å². The van der Waals surface area contributed by atoms with Gasteiger partial charge >= 0.3 is 0 Å². The molecule has 0 radical (unpaired) electrons. The lowest BCUT2D eigenvalue weighted by atomic mass is 9.87. The Morgan fingerprint density at radius 1 is 0.852 bits per heavy atom. The Morgan fingerprint density at radius 3 is 2.37 bits per heavy atom. The Balaban J connectivity index is 2.28. The third kappa shape index (κ3) is 2.03. The fourth-order valence-electron chi connectivity index (χ4n) is 4.69. The van der Waals surface area contributed by atoms with E-state index < -0.39 is 0 Å². The summed E-state index contributed by atoms with van der Waals surface area (Å²) in [5.41, 5.74) is 3.89. The molecule has 0 unspecified atom stereocenters.